The Labute approximate surface area is 572 Å². The zero-order valence-electron chi connectivity index (χ0n) is 60.3. The third-order valence-electron chi connectivity index (χ3n) is 17.6. The summed E-state index contributed by atoms with van der Waals surface area (Å²) in [6.45, 7) is 20.5. The van der Waals surface area contributed by atoms with Gasteiger partial charge in [0, 0.05) is 35.8 Å². The van der Waals surface area contributed by atoms with Crippen LogP contribution in [0.15, 0.2) is 60.7 Å². The molecule has 0 aliphatic carbocycles. The van der Waals surface area contributed by atoms with Crippen molar-refractivity contribution in [3.05, 3.63) is 60.7 Å². The highest BCUT2D eigenvalue weighted by Crippen LogP contribution is 2.52. The van der Waals surface area contributed by atoms with Gasteiger partial charge in [0.1, 0.15) is 43.1 Å². The molecule has 0 saturated carbocycles. The smallest absolute Gasteiger partial charge is 0.481 e. The van der Waals surface area contributed by atoms with E-state index in [0.717, 1.165) is 83.1 Å². The number of esters is 2. The van der Waals surface area contributed by atoms with E-state index < -0.39 is 104 Å². The average Bonchev–Trinajstić information content (AvgIpc) is 0.774. The number of phosphoric ester groups is 1. The summed E-state index contributed by atoms with van der Waals surface area (Å²) in [6.07, 6.45) is 30.5. The van der Waals surface area contributed by atoms with Crippen LogP contribution in [0.3, 0.4) is 0 Å². The number of hydrogen-bond donors (Lipinski definition) is 2. The first-order valence-electron chi connectivity index (χ1n) is 37.3. The van der Waals surface area contributed by atoms with Crippen molar-refractivity contribution in [2.75, 3.05) is 26.6 Å². The molecule has 0 spiro atoms. The molecule has 2 aromatic rings. The van der Waals surface area contributed by atoms with E-state index in [4.69, 9.17) is 42.0 Å². The van der Waals surface area contributed by atoms with Gasteiger partial charge in [-0.15, -0.1) is 0 Å². The third kappa shape index (κ3) is 42.9. The molecule has 16 nitrogen and oxygen atoms in total. The number of aliphatic carboxylic acids is 1. The minimum absolute atomic E-state index is 0.0111. The van der Waals surface area contributed by atoms with Gasteiger partial charge in [0.25, 0.3) is 0 Å². The van der Waals surface area contributed by atoms with Crippen LogP contribution < -0.4 is 14.4 Å². The highest BCUT2D eigenvalue weighted by molar-refractivity contribution is 7.49. The standard InChI is InChI=1S/C75H132NO15PSi2/c1-10-13-16-19-22-25-26-27-30-32-35-40-47-63(46-39-34-31-28-23-20-17-14-11-2)59-71(81)88-74-72(76-68(77)60-66(86-62-83-55-57-93(4,5)6)52-41-36-33-29-24-21-18-15-12-3)75(84-56-58-94(7,8)9)87-67(61-85-70(80)54-53-69(78)79)73(74)91-92(82,89-64-48-42-37-43-49-64)90-65-50-44-38-45-51-65/h37-38,42-45,48-51,63,66-67,72-75H,10-36,39-41,46-47,52-62H2,1-9H3,(H,76,77)(H,78,79)/t63?,66-,67-,72-,73-,74-,75-/m1/s1. The van der Waals surface area contributed by atoms with Gasteiger partial charge in [-0.05, 0) is 61.5 Å². The van der Waals surface area contributed by atoms with Gasteiger partial charge in [-0.25, -0.2) is 4.57 Å². The molecule has 1 heterocycles. The monoisotopic (exact) mass is 1370 g/mol. The van der Waals surface area contributed by atoms with Crippen molar-refractivity contribution in [1.29, 1.82) is 0 Å². The fourth-order valence-electron chi connectivity index (χ4n) is 11.7. The molecule has 1 fully saturated rings. The lowest BCUT2D eigenvalue weighted by atomic mass is 9.91. The average molecular weight is 1380 g/mol. The number of rotatable bonds is 60. The van der Waals surface area contributed by atoms with E-state index in [0.29, 0.717) is 19.1 Å². The number of carbonyl (C=O) groups is 4. The summed E-state index contributed by atoms with van der Waals surface area (Å²) in [5, 5.41) is 12.7. The summed E-state index contributed by atoms with van der Waals surface area (Å²) in [4.78, 5) is 55.5. The summed E-state index contributed by atoms with van der Waals surface area (Å²) in [5.41, 5.74) is 0. The molecule has 7 atom stereocenters. The lowest BCUT2D eigenvalue weighted by Gasteiger charge is -2.46. The van der Waals surface area contributed by atoms with E-state index in [9.17, 15) is 14.7 Å². The zero-order chi connectivity index (χ0) is 68.6. The molecule has 94 heavy (non-hydrogen) atoms. The van der Waals surface area contributed by atoms with Crippen LogP contribution in [0.1, 0.15) is 258 Å². The van der Waals surface area contributed by atoms with Gasteiger partial charge in [0.05, 0.1) is 25.4 Å². The fourth-order valence-corrected chi connectivity index (χ4v) is 14.7. The molecular formula is C75H132NO15PSi2. The minimum atomic E-state index is -4.89. The lowest BCUT2D eigenvalue weighted by Crippen LogP contribution is -2.66. The molecule has 2 aromatic carbocycles. The van der Waals surface area contributed by atoms with Crippen molar-refractivity contribution >= 4 is 47.8 Å². The summed E-state index contributed by atoms with van der Waals surface area (Å²) in [5.74, 6) is -2.75. The molecule has 1 saturated heterocycles. The topological polar surface area (TPSA) is 201 Å². The number of phosphoric acid groups is 1. The van der Waals surface area contributed by atoms with Crippen molar-refractivity contribution in [3.8, 4) is 11.5 Å². The van der Waals surface area contributed by atoms with Crippen LogP contribution in [0.25, 0.3) is 0 Å². The highest BCUT2D eigenvalue weighted by atomic mass is 31.2. The number of hydrogen-bond acceptors (Lipinski definition) is 14. The van der Waals surface area contributed by atoms with E-state index >= 15 is 14.2 Å². The number of ether oxygens (including phenoxy) is 6. The quantitative estimate of drug-likeness (QED) is 0.0208. The number of carboxylic acids is 1. The summed E-state index contributed by atoms with van der Waals surface area (Å²) in [6, 6.07) is 17.1. The molecule has 1 aliphatic heterocycles. The summed E-state index contributed by atoms with van der Waals surface area (Å²) >= 11 is 0. The van der Waals surface area contributed by atoms with E-state index in [-0.39, 0.29) is 43.7 Å². The number of carboxylic acid groups (broad SMARTS) is 1. The first-order chi connectivity index (χ1) is 45.2. The Bertz CT molecular complexity index is 2240. The molecule has 1 unspecified atom stereocenters. The van der Waals surface area contributed by atoms with E-state index in [2.05, 4.69) is 65.4 Å². The van der Waals surface area contributed by atoms with Crippen LogP contribution in [-0.2, 0) is 56.7 Å². The van der Waals surface area contributed by atoms with Crippen molar-refractivity contribution in [2.45, 2.75) is 346 Å². The molecule has 0 bridgehead atoms. The van der Waals surface area contributed by atoms with Crippen LogP contribution in [0.4, 0.5) is 0 Å². The number of para-hydroxylation sites is 2. The molecular weight excluding hydrogens is 1240 g/mol. The number of carbonyl (C=O) groups excluding carboxylic acids is 3. The van der Waals surface area contributed by atoms with Gasteiger partial charge in [0.2, 0.25) is 5.91 Å². The predicted octanol–water partition coefficient (Wildman–Crippen LogP) is 20.5. The molecule has 0 radical (unpaired) electrons. The maximum Gasteiger partial charge on any atom is 0.588 e. The van der Waals surface area contributed by atoms with Crippen LogP contribution in [0, 0.1) is 5.92 Å². The van der Waals surface area contributed by atoms with E-state index in [1.54, 1.807) is 60.7 Å². The van der Waals surface area contributed by atoms with E-state index in [1.807, 2.05) is 0 Å². The SMILES string of the molecule is CCCCCCCCCCCCCCC(CCCCCCCCCCC)CC(=O)O[C@@H]1[C@@H](NC(=O)C[C@@H](CCCCCCCCCCC)OCOCC[Si](C)(C)C)[C@H](OCC[Si](C)(C)C)O[C@H](COC(=O)CCC(=O)O)[C@H]1OP(=O)(Oc1ccccc1)Oc1ccccc1. The second-order valence-corrected chi connectivity index (χ2v) is 41.7. The molecule has 1 amide bonds. The van der Waals surface area contributed by atoms with Crippen molar-refractivity contribution in [1.82, 2.24) is 5.32 Å². The van der Waals surface area contributed by atoms with Crippen LogP contribution in [0.5, 0.6) is 11.5 Å². The Morgan fingerprint density at radius 1 is 0.543 bits per heavy atom. The lowest BCUT2D eigenvalue weighted by molar-refractivity contribution is -0.271. The first-order valence-corrected chi connectivity index (χ1v) is 46.2. The van der Waals surface area contributed by atoms with Gasteiger partial charge >= 0.3 is 25.7 Å². The van der Waals surface area contributed by atoms with Crippen LogP contribution in [0.2, 0.25) is 51.4 Å². The number of unbranched alkanes of at least 4 members (excludes halogenated alkanes) is 27. The molecule has 19 heteroatoms. The maximum absolute atomic E-state index is 15.7. The fraction of sp³-hybridized carbons (Fsp3) is 0.787. The third-order valence-corrected chi connectivity index (χ3v) is 22.3. The Morgan fingerprint density at radius 2 is 0.979 bits per heavy atom. The van der Waals surface area contributed by atoms with Gasteiger partial charge in [-0.2, -0.15) is 0 Å². The Balaban J connectivity index is 2.16. The second kappa shape index (κ2) is 51.5. The Morgan fingerprint density at radius 3 is 1.43 bits per heavy atom. The number of nitrogens with one attached hydrogen (secondary N) is 1. The summed E-state index contributed by atoms with van der Waals surface area (Å²) in [7, 11) is -8.06. The van der Waals surface area contributed by atoms with Gasteiger partial charge in [-0.1, -0.05) is 289 Å². The Kier molecular flexibility index (Phi) is 46.4. The van der Waals surface area contributed by atoms with Crippen molar-refractivity contribution in [2.24, 2.45) is 5.92 Å². The van der Waals surface area contributed by atoms with E-state index in [1.165, 1.54) is 128 Å². The number of benzene rings is 2. The molecule has 540 valence electrons. The first kappa shape index (κ1) is 84.6. The minimum Gasteiger partial charge on any atom is -0.481 e. The largest absolute Gasteiger partial charge is 0.588 e. The Hall–Kier alpha value is -3.62. The number of amides is 1. The second-order valence-electron chi connectivity index (χ2n) is 29.0. The van der Waals surface area contributed by atoms with Gasteiger partial charge in [-0.3, -0.25) is 23.7 Å². The molecule has 1 aliphatic rings. The molecule has 2 N–H and O–H groups in total. The van der Waals surface area contributed by atoms with Crippen molar-refractivity contribution in [3.63, 3.8) is 0 Å². The maximum atomic E-state index is 15.7. The summed E-state index contributed by atoms with van der Waals surface area (Å²) < 4.78 is 73.5. The van der Waals surface area contributed by atoms with Crippen LogP contribution in [-0.4, -0.2) is 108 Å². The normalized spacial score (nSPS) is 17.5. The van der Waals surface area contributed by atoms with Gasteiger partial charge < -0.3 is 47.9 Å². The molecule has 3 rings (SSSR count). The van der Waals surface area contributed by atoms with Crippen molar-refractivity contribution < 1.29 is 70.8 Å². The van der Waals surface area contributed by atoms with Gasteiger partial charge in [0.15, 0.2) is 12.4 Å². The van der Waals surface area contributed by atoms with Crippen LogP contribution >= 0.6 is 7.82 Å². The highest BCUT2D eigenvalue weighted by Gasteiger charge is 2.54. The zero-order valence-corrected chi connectivity index (χ0v) is 63.2. The predicted molar refractivity (Wildman–Crippen MR) is 385 cm³/mol. The molecule has 0 aromatic heterocycles.